The highest BCUT2D eigenvalue weighted by molar-refractivity contribution is 9.10. The van der Waals surface area contributed by atoms with E-state index in [2.05, 4.69) is 21.2 Å². The van der Waals surface area contributed by atoms with Crippen molar-refractivity contribution < 1.29 is 4.79 Å². The summed E-state index contributed by atoms with van der Waals surface area (Å²) >= 11 is 9.33. The lowest BCUT2D eigenvalue weighted by atomic mass is 9.90. The summed E-state index contributed by atoms with van der Waals surface area (Å²) in [6.07, 6.45) is 4.37. The Hall–Kier alpha value is -0.580. The summed E-state index contributed by atoms with van der Waals surface area (Å²) in [6, 6.07) is 6.26. The summed E-state index contributed by atoms with van der Waals surface area (Å²) < 4.78 is 0.761. The minimum atomic E-state index is 0.0651. The number of carbonyl (C=O) groups excluding carboxylic acids is 1. The number of nitrogens with one attached hydrogen (secondary N) is 1. The smallest absolute Gasteiger partial charge is 0.253 e. The van der Waals surface area contributed by atoms with E-state index < -0.39 is 0 Å². The topological polar surface area (TPSA) is 32.3 Å². The standard InChI is InChI=1S/C15H20BrClN2O/c1-18-11-4-6-12(7-5-11)19(2)15(20)10-3-8-14(17)13(16)9-10/h3,8-9,11-12,18H,4-7H2,1-2H3. The molecule has 1 aromatic rings. The maximum absolute atomic E-state index is 12.5. The van der Waals surface area contributed by atoms with Crippen LogP contribution in [-0.2, 0) is 0 Å². The summed E-state index contributed by atoms with van der Waals surface area (Å²) in [4.78, 5) is 14.4. The van der Waals surface area contributed by atoms with Crippen LogP contribution in [0.3, 0.4) is 0 Å². The fourth-order valence-electron chi connectivity index (χ4n) is 2.75. The Morgan fingerprint density at radius 1 is 1.35 bits per heavy atom. The first-order valence-corrected chi connectivity index (χ1v) is 8.09. The average Bonchev–Trinajstić information content (AvgIpc) is 2.48. The Morgan fingerprint density at radius 2 is 2.00 bits per heavy atom. The van der Waals surface area contributed by atoms with Crippen molar-refractivity contribution in [2.75, 3.05) is 14.1 Å². The molecule has 0 bridgehead atoms. The number of nitrogens with zero attached hydrogens (tertiary/aromatic N) is 1. The van der Waals surface area contributed by atoms with Gasteiger partial charge in [0.15, 0.2) is 0 Å². The molecular weight excluding hydrogens is 340 g/mol. The molecule has 0 atom stereocenters. The molecule has 3 nitrogen and oxygen atoms in total. The second-order valence-corrected chi connectivity index (χ2v) is 6.60. The lowest BCUT2D eigenvalue weighted by Gasteiger charge is -2.34. The minimum Gasteiger partial charge on any atom is -0.339 e. The monoisotopic (exact) mass is 358 g/mol. The molecule has 1 saturated carbocycles. The molecule has 0 aliphatic heterocycles. The van der Waals surface area contributed by atoms with Crippen LogP contribution in [0.5, 0.6) is 0 Å². The van der Waals surface area contributed by atoms with Crippen molar-refractivity contribution in [1.29, 1.82) is 0 Å². The normalized spacial score (nSPS) is 22.6. The van der Waals surface area contributed by atoms with Crippen LogP contribution >= 0.6 is 27.5 Å². The van der Waals surface area contributed by atoms with Crippen LogP contribution in [0.1, 0.15) is 36.0 Å². The molecule has 110 valence electrons. The third kappa shape index (κ3) is 3.54. The second kappa shape index (κ2) is 6.92. The quantitative estimate of drug-likeness (QED) is 0.892. The van der Waals surface area contributed by atoms with Crippen molar-refractivity contribution in [2.45, 2.75) is 37.8 Å². The largest absolute Gasteiger partial charge is 0.339 e. The Morgan fingerprint density at radius 3 is 2.55 bits per heavy atom. The van der Waals surface area contributed by atoms with Gasteiger partial charge >= 0.3 is 0 Å². The van der Waals surface area contributed by atoms with Gasteiger partial charge in [-0.2, -0.15) is 0 Å². The maximum atomic E-state index is 12.5. The molecule has 1 fully saturated rings. The van der Waals surface area contributed by atoms with Gasteiger partial charge in [-0.3, -0.25) is 4.79 Å². The highest BCUT2D eigenvalue weighted by Gasteiger charge is 2.26. The number of halogens is 2. The Bertz CT molecular complexity index is 487. The molecule has 1 aliphatic carbocycles. The molecule has 1 aromatic carbocycles. The molecule has 1 amide bonds. The van der Waals surface area contributed by atoms with E-state index in [1.807, 2.05) is 19.0 Å². The van der Waals surface area contributed by atoms with Gasteiger partial charge in [0, 0.05) is 29.2 Å². The zero-order chi connectivity index (χ0) is 14.7. The molecule has 1 aliphatic rings. The van der Waals surface area contributed by atoms with Crippen molar-refractivity contribution in [3.63, 3.8) is 0 Å². The van der Waals surface area contributed by atoms with Crippen molar-refractivity contribution in [2.24, 2.45) is 0 Å². The highest BCUT2D eigenvalue weighted by atomic mass is 79.9. The van der Waals surface area contributed by atoms with E-state index in [1.165, 1.54) is 0 Å². The third-order valence-electron chi connectivity index (χ3n) is 4.14. The summed E-state index contributed by atoms with van der Waals surface area (Å²) in [5.74, 6) is 0.0651. The zero-order valence-electron chi connectivity index (χ0n) is 11.8. The fourth-order valence-corrected chi connectivity index (χ4v) is 3.25. The van der Waals surface area contributed by atoms with Crippen LogP contribution in [0.25, 0.3) is 0 Å². The third-order valence-corrected chi connectivity index (χ3v) is 5.35. The van der Waals surface area contributed by atoms with Crippen molar-refractivity contribution in [1.82, 2.24) is 10.2 Å². The van der Waals surface area contributed by atoms with E-state index in [0.29, 0.717) is 22.7 Å². The van der Waals surface area contributed by atoms with Gasteiger partial charge in [0.1, 0.15) is 0 Å². The molecule has 0 saturated heterocycles. The molecule has 20 heavy (non-hydrogen) atoms. The first-order chi connectivity index (χ1) is 9.52. The van der Waals surface area contributed by atoms with Gasteiger partial charge in [0.2, 0.25) is 0 Å². The van der Waals surface area contributed by atoms with Gasteiger partial charge < -0.3 is 10.2 Å². The first-order valence-electron chi connectivity index (χ1n) is 6.92. The first kappa shape index (κ1) is 15.8. The summed E-state index contributed by atoms with van der Waals surface area (Å²) in [7, 11) is 3.90. The number of amides is 1. The zero-order valence-corrected chi connectivity index (χ0v) is 14.2. The SMILES string of the molecule is CNC1CCC(N(C)C(=O)c2ccc(Cl)c(Br)c2)CC1. The Balaban J connectivity index is 2.03. The Kier molecular flexibility index (Phi) is 5.47. The molecule has 0 aromatic heterocycles. The predicted octanol–water partition coefficient (Wildman–Crippen LogP) is 3.71. The van der Waals surface area contributed by atoms with Gasteiger partial charge in [0.25, 0.3) is 5.91 Å². The van der Waals surface area contributed by atoms with Gasteiger partial charge in [-0.15, -0.1) is 0 Å². The lowest BCUT2D eigenvalue weighted by molar-refractivity contribution is 0.0685. The number of hydrogen-bond donors (Lipinski definition) is 1. The molecule has 0 radical (unpaired) electrons. The van der Waals surface area contributed by atoms with Crippen LogP contribution in [0.4, 0.5) is 0 Å². The highest BCUT2D eigenvalue weighted by Crippen LogP contribution is 2.26. The molecule has 0 heterocycles. The molecule has 0 unspecified atom stereocenters. The molecule has 1 N–H and O–H groups in total. The van der Waals surface area contributed by atoms with E-state index >= 15 is 0 Å². The van der Waals surface area contributed by atoms with Crippen LogP contribution in [0.2, 0.25) is 5.02 Å². The fraction of sp³-hybridized carbons (Fsp3) is 0.533. The summed E-state index contributed by atoms with van der Waals surface area (Å²) in [5.41, 5.74) is 0.680. The predicted molar refractivity (Wildman–Crippen MR) is 86.3 cm³/mol. The van der Waals surface area contributed by atoms with E-state index in [-0.39, 0.29) is 5.91 Å². The van der Waals surface area contributed by atoms with Crippen LogP contribution in [-0.4, -0.2) is 37.0 Å². The summed E-state index contributed by atoms with van der Waals surface area (Å²) in [5, 5.41) is 3.94. The minimum absolute atomic E-state index is 0.0651. The van der Waals surface area contributed by atoms with Crippen molar-refractivity contribution in [3.05, 3.63) is 33.3 Å². The van der Waals surface area contributed by atoms with Crippen LogP contribution < -0.4 is 5.32 Å². The second-order valence-electron chi connectivity index (χ2n) is 5.34. The van der Waals surface area contributed by atoms with Gasteiger partial charge in [-0.05, 0) is 66.9 Å². The average molecular weight is 360 g/mol. The van der Waals surface area contributed by atoms with Gasteiger partial charge in [0.05, 0.1) is 5.02 Å². The molecular formula is C15H20BrClN2O. The van der Waals surface area contributed by atoms with Crippen molar-refractivity contribution in [3.8, 4) is 0 Å². The van der Waals surface area contributed by atoms with Crippen LogP contribution in [0, 0.1) is 0 Å². The van der Waals surface area contributed by atoms with Crippen molar-refractivity contribution >= 4 is 33.4 Å². The van der Waals surface area contributed by atoms with E-state index in [4.69, 9.17) is 11.6 Å². The molecule has 0 spiro atoms. The number of rotatable bonds is 3. The summed E-state index contributed by atoms with van der Waals surface area (Å²) in [6.45, 7) is 0. The maximum Gasteiger partial charge on any atom is 0.253 e. The Labute approximate surface area is 133 Å². The molecule has 2 rings (SSSR count). The van der Waals surface area contributed by atoms with E-state index in [1.54, 1.807) is 18.2 Å². The van der Waals surface area contributed by atoms with Crippen LogP contribution in [0.15, 0.2) is 22.7 Å². The van der Waals surface area contributed by atoms with Gasteiger partial charge in [-0.1, -0.05) is 11.6 Å². The number of hydrogen-bond acceptors (Lipinski definition) is 2. The van der Waals surface area contributed by atoms with E-state index in [9.17, 15) is 4.79 Å². The molecule has 5 heteroatoms. The van der Waals surface area contributed by atoms with Gasteiger partial charge in [-0.25, -0.2) is 0 Å². The van der Waals surface area contributed by atoms with E-state index in [0.717, 1.165) is 30.2 Å². The number of carbonyl (C=O) groups is 1. The number of benzene rings is 1. The lowest BCUT2D eigenvalue weighted by Crippen LogP contribution is -2.42.